The van der Waals surface area contributed by atoms with Crippen molar-refractivity contribution in [3.63, 3.8) is 0 Å². The van der Waals surface area contributed by atoms with Crippen molar-refractivity contribution < 1.29 is 9.18 Å². The summed E-state index contributed by atoms with van der Waals surface area (Å²) in [6.45, 7) is 1.12. The highest BCUT2D eigenvalue weighted by molar-refractivity contribution is 6.30. The van der Waals surface area contributed by atoms with E-state index in [-0.39, 0.29) is 21.9 Å². The van der Waals surface area contributed by atoms with Crippen LogP contribution in [0.3, 0.4) is 0 Å². The number of carbonyl (C=O) groups is 1. The van der Waals surface area contributed by atoms with Crippen LogP contribution >= 0.6 is 11.6 Å². The lowest BCUT2D eigenvalue weighted by Gasteiger charge is -2.13. The van der Waals surface area contributed by atoms with Gasteiger partial charge in [0, 0.05) is 17.5 Å². The van der Waals surface area contributed by atoms with Gasteiger partial charge in [-0.15, -0.1) is 0 Å². The molecule has 1 aliphatic rings. The summed E-state index contributed by atoms with van der Waals surface area (Å²) in [5.74, 6) is -0.875. The Morgan fingerprint density at radius 1 is 1.53 bits per heavy atom. The average Bonchev–Trinajstić information content (AvgIpc) is 3.10. The Kier molecular flexibility index (Phi) is 3.35. The van der Waals surface area contributed by atoms with Crippen molar-refractivity contribution >= 4 is 17.5 Å². The number of hydrogen-bond donors (Lipinski definition) is 2. The van der Waals surface area contributed by atoms with Crippen molar-refractivity contribution in [1.29, 1.82) is 0 Å². The van der Waals surface area contributed by atoms with E-state index >= 15 is 0 Å². The summed E-state index contributed by atoms with van der Waals surface area (Å²) in [6.07, 6.45) is 2.08. The lowest BCUT2D eigenvalue weighted by molar-refractivity contribution is 0.0945. The maximum atomic E-state index is 13.2. The highest BCUT2D eigenvalue weighted by atomic mass is 35.5. The normalized spacial score (nSPS) is 16.6. The maximum absolute atomic E-state index is 13.2. The maximum Gasteiger partial charge on any atom is 0.251 e. The molecule has 1 fully saturated rings. The first-order chi connectivity index (χ1) is 8.06. The van der Waals surface area contributed by atoms with E-state index in [1.807, 2.05) is 0 Å². The molecule has 0 bridgehead atoms. The second-order valence-electron chi connectivity index (χ2n) is 4.52. The molecule has 0 saturated heterocycles. The van der Waals surface area contributed by atoms with Gasteiger partial charge in [-0.25, -0.2) is 4.39 Å². The first-order valence-corrected chi connectivity index (χ1v) is 5.87. The Morgan fingerprint density at radius 2 is 2.24 bits per heavy atom. The molecule has 0 aliphatic heterocycles. The zero-order valence-electron chi connectivity index (χ0n) is 9.30. The van der Waals surface area contributed by atoms with E-state index in [2.05, 4.69) is 5.32 Å². The molecule has 1 saturated carbocycles. The Bertz CT molecular complexity index is 446. The molecule has 3 N–H and O–H groups in total. The fraction of sp³-hybridized carbons (Fsp3) is 0.417. The van der Waals surface area contributed by atoms with Crippen molar-refractivity contribution in [1.82, 2.24) is 5.32 Å². The minimum absolute atomic E-state index is 0.0159. The fourth-order valence-electron chi connectivity index (χ4n) is 1.64. The predicted octanol–water partition coefficient (Wildman–Crippen LogP) is 1.95. The van der Waals surface area contributed by atoms with Crippen LogP contribution in [0.1, 0.15) is 23.2 Å². The highest BCUT2D eigenvalue weighted by Gasteiger charge is 2.41. The third-order valence-electron chi connectivity index (χ3n) is 3.20. The van der Waals surface area contributed by atoms with Crippen LogP contribution in [0.2, 0.25) is 5.02 Å². The summed E-state index contributed by atoms with van der Waals surface area (Å²) >= 11 is 5.54. The zero-order valence-corrected chi connectivity index (χ0v) is 10.1. The third-order valence-corrected chi connectivity index (χ3v) is 3.50. The van der Waals surface area contributed by atoms with E-state index in [4.69, 9.17) is 17.3 Å². The lowest BCUT2D eigenvalue weighted by atomic mass is 10.1. The van der Waals surface area contributed by atoms with Crippen LogP contribution < -0.4 is 11.1 Å². The lowest BCUT2D eigenvalue weighted by Crippen LogP contribution is -2.33. The van der Waals surface area contributed by atoms with Gasteiger partial charge in [-0.2, -0.15) is 0 Å². The Balaban J connectivity index is 1.97. The largest absolute Gasteiger partial charge is 0.351 e. The molecule has 0 unspecified atom stereocenters. The highest BCUT2D eigenvalue weighted by Crippen LogP contribution is 2.43. The molecule has 5 heteroatoms. The van der Waals surface area contributed by atoms with Crippen LogP contribution in [0.15, 0.2) is 18.2 Å². The predicted molar refractivity (Wildman–Crippen MR) is 64.5 cm³/mol. The van der Waals surface area contributed by atoms with Crippen molar-refractivity contribution in [2.75, 3.05) is 13.1 Å². The second kappa shape index (κ2) is 4.63. The molecule has 92 valence electrons. The molecule has 1 aromatic rings. The van der Waals surface area contributed by atoms with Crippen LogP contribution in [-0.2, 0) is 0 Å². The van der Waals surface area contributed by atoms with E-state index in [0.717, 1.165) is 18.9 Å². The van der Waals surface area contributed by atoms with Gasteiger partial charge in [0.1, 0.15) is 5.82 Å². The van der Waals surface area contributed by atoms with Gasteiger partial charge < -0.3 is 11.1 Å². The van der Waals surface area contributed by atoms with E-state index in [0.29, 0.717) is 13.1 Å². The molecular weight excluding hydrogens is 243 g/mol. The molecule has 0 spiro atoms. The number of hydrogen-bond acceptors (Lipinski definition) is 2. The van der Waals surface area contributed by atoms with Gasteiger partial charge in [0.2, 0.25) is 0 Å². The molecule has 3 nitrogen and oxygen atoms in total. The summed E-state index contributed by atoms with van der Waals surface area (Å²) < 4.78 is 13.2. The molecule has 0 heterocycles. The number of nitrogens with two attached hydrogens (primary N) is 1. The van der Waals surface area contributed by atoms with Crippen molar-refractivity contribution in [3.05, 3.63) is 34.6 Å². The molecule has 2 rings (SSSR count). The first kappa shape index (κ1) is 12.3. The second-order valence-corrected chi connectivity index (χ2v) is 4.92. The van der Waals surface area contributed by atoms with Gasteiger partial charge >= 0.3 is 0 Å². The van der Waals surface area contributed by atoms with E-state index < -0.39 is 5.82 Å². The molecule has 17 heavy (non-hydrogen) atoms. The van der Waals surface area contributed by atoms with E-state index in [9.17, 15) is 9.18 Å². The summed E-state index contributed by atoms with van der Waals surface area (Å²) in [6, 6.07) is 4.02. The number of rotatable bonds is 4. The van der Waals surface area contributed by atoms with Gasteiger partial charge in [0.15, 0.2) is 0 Å². The van der Waals surface area contributed by atoms with Crippen molar-refractivity contribution in [2.45, 2.75) is 12.8 Å². The van der Waals surface area contributed by atoms with E-state index in [1.54, 1.807) is 0 Å². The van der Waals surface area contributed by atoms with E-state index in [1.165, 1.54) is 12.1 Å². The van der Waals surface area contributed by atoms with Crippen molar-refractivity contribution in [3.8, 4) is 0 Å². The molecule has 0 radical (unpaired) electrons. The van der Waals surface area contributed by atoms with Gasteiger partial charge in [-0.1, -0.05) is 11.6 Å². The minimum Gasteiger partial charge on any atom is -0.351 e. The summed E-state index contributed by atoms with van der Waals surface area (Å²) in [4.78, 5) is 11.7. The minimum atomic E-state index is -0.584. The molecule has 0 atom stereocenters. The number of halogens is 2. The first-order valence-electron chi connectivity index (χ1n) is 5.50. The third kappa shape index (κ3) is 2.76. The fourth-order valence-corrected chi connectivity index (χ4v) is 1.75. The summed E-state index contributed by atoms with van der Waals surface area (Å²) in [5.41, 5.74) is 5.96. The SMILES string of the molecule is NCC1(CNC(=O)c2ccc(Cl)c(F)c2)CC1. The number of benzene rings is 1. The van der Waals surface area contributed by atoms with Crippen LogP contribution in [0.25, 0.3) is 0 Å². The van der Waals surface area contributed by atoms with Crippen LogP contribution in [0.4, 0.5) is 4.39 Å². The van der Waals surface area contributed by atoms with Gasteiger partial charge in [0.05, 0.1) is 5.02 Å². The molecule has 1 amide bonds. The van der Waals surface area contributed by atoms with Crippen molar-refractivity contribution in [2.24, 2.45) is 11.1 Å². The number of amides is 1. The van der Waals surface area contributed by atoms with Gasteiger partial charge in [-0.05, 0) is 37.6 Å². The number of nitrogens with one attached hydrogen (secondary N) is 1. The summed E-state index contributed by atoms with van der Waals surface area (Å²) in [5, 5.41) is 2.79. The van der Waals surface area contributed by atoms with Gasteiger partial charge in [0.25, 0.3) is 5.91 Å². The average molecular weight is 257 g/mol. The molecule has 1 aromatic carbocycles. The smallest absolute Gasteiger partial charge is 0.251 e. The topological polar surface area (TPSA) is 55.1 Å². The quantitative estimate of drug-likeness (QED) is 0.865. The van der Waals surface area contributed by atoms with Gasteiger partial charge in [-0.3, -0.25) is 4.79 Å². The molecular formula is C12H14ClFN2O. The Morgan fingerprint density at radius 3 is 2.76 bits per heavy atom. The van der Waals surface area contributed by atoms with Crippen LogP contribution in [0, 0.1) is 11.2 Å². The Hall–Kier alpha value is -1.13. The Labute approximate surface area is 104 Å². The summed E-state index contributed by atoms with van der Waals surface area (Å²) in [7, 11) is 0. The number of carbonyl (C=O) groups excluding carboxylic acids is 1. The molecule has 1 aliphatic carbocycles. The standard InChI is InChI=1S/C12H14ClFN2O/c13-9-2-1-8(5-10(9)14)11(17)16-7-12(6-15)3-4-12/h1-2,5H,3-4,6-7,15H2,(H,16,17). The zero-order chi connectivity index (χ0) is 12.5. The van der Waals surface area contributed by atoms with Crippen LogP contribution in [-0.4, -0.2) is 19.0 Å². The monoisotopic (exact) mass is 256 g/mol. The molecule has 0 aromatic heterocycles. The van der Waals surface area contributed by atoms with Crippen LogP contribution in [0.5, 0.6) is 0 Å².